The Bertz CT molecular complexity index is 721. The smallest absolute Gasteiger partial charge is 0.340 e. The number of guanidine groups is 2. The van der Waals surface area contributed by atoms with Gasteiger partial charge in [0.05, 0.1) is 31.6 Å². The van der Waals surface area contributed by atoms with Crippen LogP contribution in [0.3, 0.4) is 0 Å². The van der Waals surface area contributed by atoms with Gasteiger partial charge in [-0.1, -0.05) is 0 Å². The number of amides is 1. The van der Waals surface area contributed by atoms with Crippen molar-refractivity contribution in [3.63, 3.8) is 0 Å². The number of aliphatic imine (C=N–C) groups is 2. The predicted octanol–water partition coefficient (Wildman–Crippen LogP) is -0.835. The van der Waals surface area contributed by atoms with Gasteiger partial charge in [0.2, 0.25) is 5.96 Å². The Balaban J connectivity index is 2.41. The van der Waals surface area contributed by atoms with Crippen molar-refractivity contribution in [2.45, 2.75) is 0 Å². The predicted molar refractivity (Wildman–Crippen MR) is 91.6 cm³/mol. The minimum absolute atomic E-state index is 0.133. The summed E-state index contributed by atoms with van der Waals surface area (Å²) >= 11 is 0. The van der Waals surface area contributed by atoms with E-state index in [9.17, 15) is 9.59 Å². The molecule has 0 aliphatic carbocycles. The fourth-order valence-electron chi connectivity index (χ4n) is 2.27. The molecule has 0 unspecified atom stereocenters. The van der Waals surface area contributed by atoms with Gasteiger partial charge in [-0.2, -0.15) is 4.99 Å². The maximum atomic E-state index is 12.6. The van der Waals surface area contributed by atoms with Crippen LogP contribution in [0.15, 0.2) is 28.2 Å². The van der Waals surface area contributed by atoms with Crippen molar-refractivity contribution in [1.82, 2.24) is 4.90 Å². The summed E-state index contributed by atoms with van der Waals surface area (Å²) in [5.41, 5.74) is 16.7. The van der Waals surface area contributed by atoms with Crippen LogP contribution in [0.1, 0.15) is 20.7 Å². The van der Waals surface area contributed by atoms with Gasteiger partial charge in [-0.15, -0.1) is 0 Å². The zero-order chi connectivity index (χ0) is 18.4. The average molecular weight is 348 g/mol. The third kappa shape index (κ3) is 4.67. The Kier molecular flexibility index (Phi) is 5.90. The number of benzene rings is 1. The second-order valence-corrected chi connectivity index (χ2v) is 5.13. The molecule has 0 atom stereocenters. The highest BCUT2D eigenvalue weighted by molar-refractivity contribution is 6.01. The first-order valence-electron chi connectivity index (χ1n) is 7.45. The first kappa shape index (κ1) is 18.2. The lowest BCUT2D eigenvalue weighted by Gasteiger charge is -2.27. The van der Waals surface area contributed by atoms with E-state index in [-0.39, 0.29) is 29.1 Å². The molecule has 1 fully saturated rings. The van der Waals surface area contributed by atoms with Gasteiger partial charge >= 0.3 is 5.97 Å². The number of rotatable bonds is 3. The monoisotopic (exact) mass is 348 g/mol. The van der Waals surface area contributed by atoms with Gasteiger partial charge in [0.25, 0.3) is 5.91 Å². The molecule has 1 aromatic rings. The number of methoxy groups -OCH3 is 1. The molecule has 0 saturated carbocycles. The number of ether oxygens (including phenoxy) is 2. The fourth-order valence-corrected chi connectivity index (χ4v) is 2.27. The summed E-state index contributed by atoms with van der Waals surface area (Å²) in [6.45, 7) is 1.95. The molecule has 25 heavy (non-hydrogen) atoms. The largest absolute Gasteiger partial charge is 0.465 e. The zero-order valence-corrected chi connectivity index (χ0v) is 13.8. The molecule has 1 aliphatic rings. The first-order chi connectivity index (χ1) is 11.9. The Labute approximate surface area is 144 Å². The van der Waals surface area contributed by atoms with Gasteiger partial charge in [0, 0.05) is 18.7 Å². The van der Waals surface area contributed by atoms with E-state index in [0.29, 0.717) is 31.9 Å². The molecule has 134 valence electrons. The lowest BCUT2D eigenvalue weighted by molar-refractivity contribution is 0.0302. The third-order valence-corrected chi connectivity index (χ3v) is 3.43. The first-order valence-corrected chi connectivity index (χ1v) is 7.45. The number of esters is 1. The normalized spacial score (nSPS) is 14.8. The van der Waals surface area contributed by atoms with Crippen molar-refractivity contribution in [3.05, 3.63) is 29.3 Å². The molecule has 1 amide bonds. The molecule has 1 heterocycles. The summed E-state index contributed by atoms with van der Waals surface area (Å²) in [7, 11) is 1.24. The number of morpholine rings is 1. The van der Waals surface area contributed by atoms with Crippen molar-refractivity contribution >= 4 is 29.5 Å². The van der Waals surface area contributed by atoms with Crippen LogP contribution in [0.2, 0.25) is 0 Å². The summed E-state index contributed by atoms with van der Waals surface area (Å²) in [6.07, 6.45) is 0. The van der Waals surface area contributed by atoms with Crippen LogP contribution in [-0.2, 0) is 9.47 Å². The topological polar surface area (TPSA) is 159 Å². The highest BCUT2D eigenvalue weighted by atomic mass is 16.5. The fraction of sp³-hybridized carbons (Fsp3) is 0.333. The highest BCUT2D eigenvalue weighted by Crippen LogP contribution is 2.23. The molecule has 1 saturated heterocycles. The molecule has 0 aromatic heterocycles. The Hall–Kier alpha value is -3.14. The minimum atomic E-state index is -0.623. The van der Waals surface area contributed by atoms with Crippen LogP contribution in [0.25, 0.3) is 0 Å². The summed E-state index contributed by atoms with van der Waals surface area (Å²) < 4.78 is 9.94. The molecule has 10 heteroatoms. The van der Waals surface area contributed by atoms with E-state index in [0.717, 1.165) is 0 Å². The van der Waals surface area contributed by atoms with Gasteiger partial charge in [-0.05, 0) is 18.2 Å². The summed E-state index contributed by atoms with van der Waals surface area (Å²) in [4.78, 5) is 33.7. The Morgan fingerprint density at radius 2 is 1.88 bits per heavy atom. The molecule has 0 spiro atoms. The van der Waals surface area contributed by atoms with Crippen molar-refractivity contribution < 1.29 is 19.1 Å². The average Bonchev–Trinajstić information content (AvgIpc) is 2.60. The summed E-state index contributed by atoms with van der Waals surface area (Å²) in [5, 5.41) is 0. The van der Waals surface area contributed by atoms with Crippen molar-refractivity contribution in [2.24, 2.45) is 27.2 Å². The standard InChI is InChI=1S/C15H20N6O4/c1-24-13(23)10-3-2-9(12(22)21-4-6-25-7-5-21)8-11(10)19-15(18)20-14(16)17/h2-3,8H,4-7H2,1H3,(H6,16,17,18,19,20). The molecule has 1 aromatic carbocycles. The summed E-state index contributed by atoms with van der Waals surface area (Å²) in [6, 6.07) is 4.42. The van der Waals surface area contributed by atoms with Crippen LogP contribution in [0.4, 0.5) is 5.69 Å². The van der Waals surface area contributed by atoms with E-state index in [1.165, 1.54) is 25.3 Å². The van der Waals surface area contributed by atoms with Gasteiger partial charge in [-0.3, -0.25) is 4.79 Å². The second-order valence-electron chi connectivity index (χ2n) is 5.13. The van der Waals surface area contributed by atoms with Crippen LogP contribution >= 0.6 is 0 Å². The molecule has 10 nitrogen and oxygen atoms in total. The molecule has 0 radical (unpaired) electrons. The maximum Gasteiger partial charge on any atom is 0.340 e. The van der Waals surface area contributed by atoms with Gasteiger partial charge < -0.3 is 31.6 Å². The Morgan fingerprint density at radius 1 is 1.20 bits per heavy atom. The zero-order valence-electron chi connectivity index (χ0n) is 13.8. The number of carbonyl (C=O) groups is 2. The van der Waals surface area contributed by atoms with Crippen LogP contribution in [-0.4, -0.2) is 62.1 Å². The van der Waals surface area contributed by atoms with E-state index in [4.69, 9.17) is 26.7 Å². The van der Waals surface area contributed by atoms with Crippen molar-refractivity contribution in [1.29, 1.82) is 0 Å². The van der Waals surface area contributed by atoms with Crippen LogP contribution in [0, 0.1) is 0 Å². The number of nitrogens with two attached hydrogens (primary N) is 3. The molecule has 1 aliphatic heterocycles. The summed E-state index contributed by atoms with van der Waals surface area (Å²) in [5.74, 6) is -1.35. The van der Waals surface area contributed by atoms with E-state index < -0.39 is 5.97 Å². The third-order valence-electron chi connectivity index (χ3n) is 3.43. The number of nitrogens with zero attached hydrogens (tertiary/aromatic N) is 3. The van der Waals surface area contributed by atoms with Crippen molar-refractivity contribution in [2.75, 3.05) is 33.4 Å². The van der Waals surface area contributed by atoms with Gasteiger partial charge in [0.1, 0.15) is 0 Å². The molecule has 2 rings (SSSR count). The number of hydrogen-bond donors (Lipinski definition) is 3. The lowest BCUT2D eigenvalue weighted by Crippen LogP contribution is -2.40. The second kappa shape index (κ2) is 8.11. The van der Waals surface area contributed by atoms with Crippen LogP contribution in [0.5, 0.6) is 0 Å². The van der Waals surface area contributed by atoms with E-state index in [2.05, 4.69) is 9.98 Å². The molecule has 0 bridgehead atoms. The van der Waals surface area contributed by atoms with E-state index in [1.807, 2.05) is 0 Å². The quantitative estimate of drug-likeness (QED) is 0.365. The van der Waals surface area contributed by atoms with E-state index >= 15 is 0 Å². The van der Waals surface area contributed by atoms with E-state index in [1.54, 1.807) is 4.90 Å². The Morgan fingerprint density at radius 3 is 2.48 bits per heavy atom. The number of carbonyl (C=O) groups excluding carboxylic acids is 2. The van der Waals surface area contributed by atoms with Crippen molar-refractivity contribution in [3.8, 4) is 0 Å². The maximum absolute atomic E-state index is 12.6. The highest BCUT2D eigenvalue weighted by Gasteiger charge is 2.21. The molecular weight excluding hydrogens is 328 g/mol. The molecular formula is C15H20N6O4. The minimum Gasteiger partial charge on any atom is -0.465 e. The van der Waals surface area contributed by atoms with Gasteiger partial charge in [-0.25, -0.2) is 9.79 Å². The lowest BCUT2D eigenvalue weighted by atomic mass is 10.1. The van der Waals surface area contributed by atoms with Crippen LogP contribution < -0.4 is 17.2 Å². The molecule has 6 N–H and O–H groups in total. The SMILES string of the molecule is COC(=O)c1ccc(C(=O)N2CCOCC2)cc1N=C(N)N=C(N)N. The van der Waals surface area contributed by atoms with Gasteiger partial charge in [0.15, 0.2) is 5.96 Å². The number of hydrogen-bond acceptors (Lipinski definition) is 5.